The second kappa shape index (κ2) is 3.91. The molecule has 4 heteroatoms. The molecule has 0 aliphatic carbocycles. The van der Waals surface area contributed by atoms with Crippen LogP contribution < -0.4 is 0 Å². The Kier molecular flexibility index (Phi) is 2.28. The molecule has 0 aliphatic rings. The Hall–Kier alpha value is -2.17. The van der Waals surface area contributed by atoms with Gasteiger partial charge in [-0.25, -0.2) is 4.21 Å². The van der Waals surface area contributed by atoms with Crippen LogP contribution in [0, 0.1) is 0 Å². The summed E-state index contributed by atoms with van der Waals surface area (Å²) in [5.41, 5.74) is 0. The molecule has 0 saturated carbocycles. The van der Waals surface area contributed by atoms with Crippen LogP contribution >= 0.6 is 0 Å². The normalized spacial score (nSPS) is 13.4. The fourth-order valence-corrected chi connectivity index (χ4v) is 3.50. The van der Waals surface area contributed by atoms with Gasteiger partial charge in [-0.15, -0.1) is 0 Å². The van der Waals surface area contributed by atoms with Crippen LogP contribution in [0.3, 0.4) is 0 Å². The second-order valence-electron chi connectivity index (χ2n) is 4.82. The van der Waals surface area contributed by atoms with E-state index in [-0.39, 0.29) is 10.6 Å². The van der Waals surface area contributed by atoms with Crippen LogP contribution in [0.1, 0.15) is 0 Å². The van der Waals surface area contributed by atoms with Gasteiger partial charge in [-0.3, -0.25) is 0 Å². The van der Waals surface area contributed by atoms with Gasteiger partial charge >= 0.3 is 0 Å². The van der Waals surface area contributed by atoms with Crippen LogP contribution in [0.15, 0.2) is 53.4 Å². The Bertz CT molecular complexity index is 975. The van der Waals surface area contributed by atoms with Crippen molar-refractivity contribution in [3.8, 4) is 5.75 Å². The summed E-state index contributed by atoms with van der Waals surface area (Å²) in [6.45, 7) is 0. The molecule has 1 unspecified atom stereocenters. The van der Waals surface area contributed by atoms with Crippen LogP contribution in [0.5, 0.6) is 5.75 Å². The van der Waals surface area contributed by atoms with Gasteiger partial charge in [0.1, 0.15) is 5.75 Å². The van der Waals surface area contributed by atoms with Crippen molar-refractivity contribution < 1.29 is 13.9 Å². The van der Waals surface area contributed by atoms with Gasteiger partial charge < -0.3 is 9.66 Å². The SMILES string of the molecule is O=S(O)c1cc(O)c2ccc3cccc4ccc1c2c34. The lowest BCUT2D eigenvalue weighted by atomic mass is 9.94. The van der Waals surface area contributed by atoms with Crippen molar-refractivity contribution in [2.24, 2.45) is 0 Å². The Labute approximate surface area is 117 Å². The van der Waals surface area contributed by atoms with Crippen LogP contribution in [-0.4, -0.2) is 13.9 Å². The summed E-state index contributed by atoms with van der Waals surface area (Å²) >= 11 is -2.13. The number of phenols is 1. The highest BCUT2D eigenvalue weighted by Gasteiger charge is 2.16. The van der Waals surface area contributed by atoms with Crippen LogP contribution in [-0.2, 0) is 11.1 Å². The van der Waals surface area contributed by atoms with Crippen molar-refractivity contribution in [3.63, 3.8) is 0 Å². The Morgan fingerprint density at radius 3 is 2.15 bits per heavy atom. The summed E-state index contributed by atoms with van der Waals surface area (Å²) in [7, 11) is 0. The average Bonchev–Trinajstić information content (AvgIpc) is 2.46. The van der Waals surface area contributed by atoms with Gasteiger partial charge in [0, 0.05) is 16.2 Å². The third-order valence-electron chi connectivity index (χ3n) is 3.77. The smallest absolute Gasteiger partial charge is 0.187 e. The van der Waals surface area contributed by atoms with E-state index in [4.69, 9.17) is 0 Å². The van der Waals surface area contributed by atoms with Crippen LogP contribution in [0.25, 0.3) is 32.3 Å². The Balaban J connectivity index is 2.41. The molecule has 3 nitrogen and oxygen atoms in total. The van der Waals surface area contributed by atoms with Gasteiger partial charge in [-0.05, 0) is 22.2 Å². The summed E-state index contributed by atoms with van der Waals surface area (Å²) in [5, 5.41) is 15.5. The molecule has 4 aromatic carbocycles. The van der Waals surface area contributed by atoms with Crippen molar-refractivity contribution in [2.75, 3.05) is 0 Å². The number of hydrogen-bond donors (Lipinski definition) is 2. The van der Waals surface area contributed by atoms with Gasteiger partial charge in [0.05, 0.1) is 4.90 Å². The van der Waals surface area contributed by atoms with E-state index in [1.807, 2.05) is 42.5 Å². The standard InChI is InChI=1S/C16H10O3S/c17-13-8-14(20(18)19)12-7-5-10-3-1-2-9-4-6-11(13)16(12)15(9)10/h1-8,17H,(H,18,19). The molecule has 0 heterocycles. The van der Waals surface area contributed by atoms with E-state index in [1.54, 1.807) is 0 Å². The molecule has 2 N–H and O–H groups in total. The fourth-order valence-electron chi connectivity index (χ4n) is 2.93. The highest BCUT2D eigenvalue weighted by atomic mass is 32.2. The summed E-state index contributed by atoms with van der Waals surface area (Å²) in [4.78, 5) is 0.244. The predicted octanol–water partition coefficient (Wildman–Crippen LogP) is 3.87. The van der Waals surface area contributed by atoms with Crippen molar-refractivity contribution in [1.29, 1.82) is 0 Å². The van der Waals surface area contributed by atoms with Crippen molar-refractivity contribution in [3.05, 3.63) is 48.5 Å². The van der Waals surface area contributed by atoms with Crippen LogP contribution in [0.4, 0.5) is 0 Å². The quantitative estimate of drug-likeness (QED) is 0.411. The van der Waals surface area contributed by atoms with Gasteiger partial charge in [0.15, 0.2) is 11.1 Å². The number of benzene rings is 4. The maximum absolute atomic E-state index is 11.5. The highest BCUT2D eigenvalue weighted by molar-refractivity contribution is 7.79. The summed E-state index contributed by atoms with van der Waals surface area (Å²) < 4.78 is 20.9. The monoisotopic (exact) mass is 282 g/mol. The van der Waals surface area contributed by atoms with Gasteiger partial charge in [-0.2, -0.15) is 0 Å². The maximum Gasteiger partial charge on any atom is 0.187 e. The zero-order chi connectivity index (χ0) is 13.9. The molecule has 0 saturated heterocycles. The number of hydrogen-bond acceptors (Lipinski definition) is 2. The first-order valence-electron chi connectivity index (χ1n) is 6.17. The van der Waals surface area contributed by atoms with E-state index in [0.29, 0.717) is 10.8 Å². The van der Waals surface area contributed by atoms with Crippen molar-refractivity contribution in [1.82, 2.24) is 0 Å². The lowest BCUT2D eigenvalue weighted by molar-refractivity contribution is 0.479. The molecule has 0 fully saturated rings. The van der Waals surface area contributed by atoms with Gasteiger partial charge in [0.2, 0.25) is 0 Å². The molecule has 0 aliphatic heterocycles. The number of aromatic hydroxyl groups is 1. The highest BCUT2D eigenvalue weighted by Crippen LogP contribution is 2.40. The van der Waals surface area contributed by atoms with E-state index in [0.717, 1.165) is 21.5 Å². The molecule has 4 rings (SSSR count). The van der Waals surface area contributed by atoms with E-state index in [2.05, 4.69) is 0 Å². The molecule has 4 aromatic rings. The minimum absolute atomic E-state index is 0.0353. The minimum Gasteiger partial charge on any atom is -0.507 e. The topological polar surface area (TPSA) is 57.5 Å². The minimum atomic E-state index is -2.13. The summed E-state index contributed by atoms with van der Waals surface area (Å²) in [6, 6.07) is 14.9. The first-order valence-corrected chi connectivity index (χ1v) is 7.28. The van der Waals surface area contributed by atoms with Crippen molar-refractivity contribution in [2.45, 2.75) is 4.90 Å². The van der Waals surface area contributed by atoms with E-state index >= 15 is 0 Å². The molecule has 20 heavy (non-hydrogen) atoms. The van der Waals surface area contributed by atoms with E-state index in [1.165, 1.54) is 6.07 Å². The zero-order valence-electron chi connectivity index (χ0n) is 10.3. The van der Waals surface area contributed by atoms with Gasteiger partial charge in [-0.1, -0.05) is 42.5 Å². The van der Waals surface area contributed by atoms with Crippen molar-refractivity contribution >= 4 is 43.4 Å². The predicted molar refractivity (Wildman–Crippen MR) is 80.8 cm³/mol. The second-order valence-corrected chi connectivity index (χ2v) is 5.76. The first-order chi connectivity index (χ1) is 9.66. The third kappa shape index (κ3) is 1.40. The molecule has 98 valence electrons. The molecule has 0 amide bonds. The van der Waals surface area contributed by atoms with Gasteiger partial charge in [0.25, 0.3) is 0 Å². The third-order valence-corrected chi connectivity index (χ3v) is 4.49. The molecular formula is C16H10O3S. The molecule has 0 aromatic heterocycles. The Morgan fingerprint density at radius 1 is 0.850 bits per heavy atom. The number of phenolic OH excluding ortho intramolecular Hbond substituents is 1. The zero-order valence-corrected chi connectivity index (χ0v) is 11.1. The fraction of sp³-hybridized carbons (Fsp3) is 0. The number of rotatable bonds is 1. The molecule has 0 bridgehead atoms. The lowest BCUT2D eigenvalue weighted by Crippen LogP contribution is -1.93. The average molecular weight is 282 g/mol. The summed E-state index contributed by atoms with van der Waals surface area (Å²) in [5.74, 6) is 0.0353. The maximum atomic E-state index is 11.5. The van der Waals surface area contributed by atoms with E-state index < -0.39 is 11.1 Å². The van der Waals surface area contributed by atoms with Crippen LogP contribution in [0.2, 0.25) is 0 Å². The summed E-state index contributed by atoms with van der Waals surface area (Å²) in [6.07, 6.45) is 0. The molecule has 1 atom stereocenters. The first kappa shape index (κ1) is 11.6. The van der Waals surface area contributed by atoms with E-state index in [9.17, 15) is 13.9 Å². The molecule has 0 spiro atoms. The molecular weight excluding hydrogens is 272 g/mol. The lowest BCUT2D eigenvalue weighted by Gasteiger charge is -2.13. The Morgan fingerprint density at radius 2 is 1.50 bits per heavy atom. The largest absolute Gasteiger partial charge is 0.507 e. The molecule has 0 radical (unpaired) electrons.